The third-order valence-corrected chi connectivity index (χ3v) is 10.5. The van der Waals surface area contributed by atoms with Crippen LogP contribution in [-0.2, 0) is 38.2 Å². The highest BCUT2D eigenvalue weighted by Crippen LogP contribution is 2.44. The lowest BCUT2D eigenvalue weighted by molar-refractivity contribution is -0.145. The maximum atomic E-state index is 13.2. The number of benzene rings is 2. The first kappa shape index (κ1) is 40.1. The third-order valence-electron chi connectivity index (χ3n) is 8.12. The van der Waals surface area contributed by atoms with Gasteiger partial charge in [0, 0.05) is 43.6 Å². The zero-order chi connectivity index (χ0) is 36.8. The Morgan fingerprint density at radius 2 is 1.30 bits per heavy atom. The molecule has 50 heavy (non-hydrogen) atoms. The molecule has 2 aromatic rings. The molecular weight excluding hydrogens is 685 g/mol. The summed E-state index contributed by atoms with van der Waals surface area (Å²) in [5, 5.41) is 10.2. The lowest BCUT2D eigenvalue weighted by Crippen LogP contribution is -2.55. The zero-order valence-corrected chi connectivity index (χ0v) is 30.4. The van der Waals surface area contributed by atoms with Crippen LogP contribution in [0, 0.1) is 5.92 Å². The van der Waals surface area contributed by atoms with E-state index in [9.17, 15) is 33.6 Å². The normalized spacial score (nSPS) is 14.1. The number of hydrogen-bond acceptors (Lipinski definition) is 11. The quantitative estimate of drug-likeness (QED) is 0.0946. The number of methoxy groups -OCH3 is 1. The van der Waals surface area contributed by atoms with E-state index < -0.39 is 53.8 Å². The largest absolute Gasteiger partial charge is 0.467 e. The molecule has 2 aromatic carbocycles. The second-order valence-electron chi connectivity index (χ2n) is 11.8. The summed E-state index contributed by atoms with van der Waals surface area (Å²) in [5.41, 5.74) is 4.23. The van der Waals surface area contributed by atoms with Crippen LogP contribution >= 0.6 is 21.6 Å². The van der Waals surface area contributed by atoms with Crippen LogP contribution in [0.5, 0.6) is 0 Å². The molecule has 0 heterocycles. The van der Waals surface area contributed by atoms with Crippen LogP contribution in [0.4, 0.5) is 4.79 Å². The van der Waals surface area contributed by atoms with Crippen molar-refractivity contribution in [3.05, 3.63) is 59.7 Å². The van der Waals surface area contributed by atoms with Gasteiger partial charge in [0.25, 0.3) is 0 Å². The number of fused-ring (bicyclic) bond motifs is 3. The smallest absolute Gasteiger partial charge is 0.407 e. The molecule has 0 unspecified atom stereocenters. The Morgan fingerprint density at radius 3 is 1.82 bits per heavy atom. The van der Waals surface area contributed by atoms with Gasteiger partial charge < -0.3 is 30.7 Å². The topological polar surface area (TPSA) is 186 Å². The number of carbonyl (C=O) groups is 7. The van der Waals surface area contributed by atoms with Gasteiger partial charge >= 0.3 is 12.1 Å². The van der Waals surface area contributed by atoms with Crippen molar-refractivity contribution in [2.45, 2.75) is 64.6 Å². The molecular formula is C35H44N4O9S2. The lowest BCUT2D eigenvalue weighted by Gasteiger charge is -2.22. The van der Waals surface area contributed by atoms with Gasteiger partial charge in [0.15, 0.2) is 5.78 Å². The molecule has 0 aliphatic heterocycles. The number of Topliss-reactive ketones (excluding diaryl/α,β-unsaturated/α-hetero) is 2. The second kappa shape index (κ2) is 19.7. The number of ketones is 2. The first-order valence-corrected chi connectivity index (χ1v) is 18.6. The minimum Gasteiger partial charge on any atom is -0.467 e. The maximum absolute atomic E-state index is 13.2. The number of carbonyl (C=O) groups excluding carboxylic acids is 7. The van der Waals surface area contributed by atoms with E-state index in [4.69, 9.17) is 9.47 Å². The molecule has 1 aliphatic carbocycles. The average Bonchev–Trinajstić information content (AvgIpc) is 3.41. The number of hydrogen-bond donors (Lipinski definition) is 4. The molecule has 0 bridgehead atoms. The second-order valence-corrected chi connectivity index (χ2v) is 14.3. The monoisotopic (exact) mass is 728 g/mol. The Bertz CT molecular complexity index is 1520. The first-order chi connectivity index (χ1) is 23.9. The number of rotatable bonds is 19. The maximum Gasteiger partial charge on any atom is 0.407 e. The van der Waals surface area contributed by atoms with Crippen LogP contribution in [0.15, 0.2) is 48.5 Å². The SMILES string of the molecule is CC[C@H](CC(=O)[C@H](CSSC[C@H](NC(C)=O)C(=O)N[C@@H](CNC(=O)OCC1c2ccccc2-c2ccccc21)C(=O)OC)NC(C)=O)C(C)=O. The standard InChI is InChI=1S/C35H44N4O9S2/c1-6-23(20(2)40)15-32(43)30(37-21(3)41)18-49-50-19-31(38-22(4)42)33(44)39-29(34(45)47-5)16-36-35(46)48-17-28-26-13-9-7-11-24(26)25-12-8-10-14-27(25)28/h7-14,23,28-31H,6,15-19H2,1-5H3,(H,36,46)(H,37,41)(H,38,42)(H,39,44)/t23-,29+,30+,31+/m1/s1. The van der Waals surface area contributed by atoms with E-state index in [0.29, 0.717) is 6.42 Å². The van der Waals surface area contributed by atoms with Gasteiger partial charge in [-0.3, -0.25) is 24.0 Å². The van der Waals surface area contributed by atoms with Gasteiger partial charge in [0.1, 0.15) is 24.5 Å². The Kier molecular flexibility index (Phi) is 15.8. The van der Waals surface area contributed by atoms with Gasteiger partial charge in [-0.2, -0.15) is 0 Å². The summed E-state index contributed by atoms with van der Waals surface area (Å²) >= 11 is 0. The average molecular weight is 729 g/mol. The molecule has 0 aromatic heterocycles. The molecule has 4 N–H and O–H groups in total. The Balaban J connectivity index is 1.56. The highest BCUT2D eigenvalue weighted by atomic mass is 33.1. The fourth-order valence-electron chi connectivity index (χ4n) is 5.52. The van der Waals surface area contributed by atoms with Crippen LogP contribution in [0.3, 0.4) is 0 Å². The van der Waals surface area contributed by atoms with Crippen molar-refractivity contribution in [3.63, 3.8) is 0 Å². The van der Waals surface area contributed by atoms with E-state index in [1.54, 1.807) is 0 Å². The molecule has 0 saturated heterocycles. The molecule has 0 radical (unpaired) electrons. The van der Waals surface area contributed by atoms with Gasteiger partial charge in [0.05, 0.1) is 19.7 Å². The van der Waals surface area contributed by atoms with Gasteiger partial charge in [-0.1, -0.05) is 77.0 Å². The first-order valence-electron chi connectivity index (χ1n) is 16.1. The number of nitrogens with one attached hydrogen (secondary N) is 4. The van der Waals surface area contributed by atoms with Gasteiger partial charge in [0.2, 0.25) is 17.7 Å². The van der Waals surface area contributed by atoms with Crippen molar-refractivity contribution in [3.8, 4) is 11.1 Å². The van der Waals surface area contributed by atoms with E-state index in [2.05, 4.69) is 21.3 Å². The Hall–Kier alpha value is -4.37. The summed E-state index contributed by atoms with van der Waals surface area (Å²) in [7, 11) is 3.50. The molecule has 15 heteroatoms. The van der Waals surface area contributed by atoms with Crippen molar-refractivity contribution in [1.82, 2.24) is 21.3 Å². The molecule has 4 amide bonds. The summed E-state index contributed by atoms with van der Waals surface area (Å²) < 4.78 is 10.4. The zero-order valence-electron chi connectivity index (χ0n) is 28.7. The molecule has 270 valence electrons. The summed E-state index contributed by atoms with van der Waals surface area (Å²) in [6.45, 7) is 5.47. The van der Waals surface area contributed by atoms with E-state index in [1.807, 2.05) is 55.5 Å². The highest BCUT2D eigenvalue weighted by Gasteiger charge is 2.31. The number of esters is 1. The molecule has 0 fully saturated rings. The van der Waals surface area contributed by atoms with Crippen molar-refractivity contribution < 1.29 is 43.0 Å². The summed E-state index contributed by atoms with van der Waals surface area (Å²) in [6, 6.07) is 12.5. The number of ether oxygens (including phenoxy) is 2. The van der Waals surface area contributed by atoms with Gasteiger partial charge in [-0.05, 0) is 35.6 Å². The van der Waals surface area contributed by atoms with Crippen LogP contribution in [0.1, 0.15) is 57.6 Å². The summed E-state index contributed by atoms with van der Waals surface area (Å²) in [6.07, 6.45) is -0.299. The molecule has 0 saturated carbocycles. The Morgan fingerprint density at radius 1 is 0.760 bits per heavy atom. The van der Waals surface area contributed by atoms with Crippen molar-refractivity contribution in [2.24, 2.45) is 5.92 Å². The fraction of sp³-hybridized carbons (Fsp3) is 0.457. The van der Waals surface area contributed by atoms with E-state index in [1.165, 1.54) is 42.4 Å². The van der Waals surface area contributed by atoms with Crippen LogP contribution < -0.4 is 21.3 Å². The third kappa shape index (κ3) is 11.6. The Labute approximate surface area is 299 Å². The van der Waals surface area contributed by atoms with E-state index in [0.717, 1.165) is 29.4 Å². The van der Waals surface area contributed by atoms with E-state index in [-0.39, 0.29) is 48.6 Å². The fourth-order valence-corrected chi connectivity index (χ4v) is 7.89. The predicted molar refractivity (Wildman–Crippen MR) is 191 cm³/mol. The molecule has 0 spiro atoms. The summed E-state index contributed by atoms with van der Waals surface area (Å²) in [5.74, 6) is -3.23. The molecule has 1 aliphatic rings. The van der Waals surface area contributed by atoms with Crippen molar-refractivity contribution in [2.75, 3.05) is 31.8 Å². The summed E-state index contributed by atoms with van der Waals surface area (Å²) in [4.78, 5) is 86.9. The molecule has 3 rings (SSSR count). The van der Waals surface area contributed by atoms with Gasteiger partial charge in [-0.25, -0.2) is 9.59 Å². The molecule has 4 atom stereocenters. The van der Waals surface area contributed by atoms with Crippen LogP contribution in [0.2, 0.25) is 0 Å². The predicted octanol–water partition coefficient (Wildman–Crippen LogP) is 3.15. The molecule has 13 nitrogen and oxygen atoms in total. The number of amides is 4. The van der Waals surface area contributed by atoms with Crippen molar-refractivity contribution >= 4 is 62.9 Å². The minimum atomic E-state index is -1.29. The lowest BCUT2D eigenvalue weighted by atomic mass is 9.93. The van der Waals surface area contributed by atoms with Crippen LogP contribution in [-0.4, -0.2) is 91.2 Å². The van der Waals surface area contributed by atoms with Gasteiger partial charge in [-0.15, -0.1) is 0 Å². The number of alkyl carbamates (subject to hydrolysis) is 1. The minimum absolute atomic E-state index is 0.00206. The van der Waals surface area contributed by atoms with E-state index >= 15 is 0 Å². The van der Waals surface area contributed by atoms with Crippen LogP contribution in [0.25, 0.3) is 11.1 Å². The van der Waals surface area contributed by atoms with Crippen molar-refractivity contribution in [1.29, 1.82) is 0 Å². The highest BCUT2D eigenvalue weighted by molar-refractivity contribution is 8.76.